The van der Waals surface area contributed by atoms with Crippen molar-refractivity contribution in [3.05, 3.63) is 23.8 Å². The van der Waals surface area contributed by atoms with Crippen molar-refractivity contribution in [3.8, 4) is 5.75 Å². The van der Waals surface area contributed by atoms with E-state index in [4.69, 9.17) is 10.5 Å². The number of primary amides is 1. The van der Waals surface area contributed by atoms with Gasteiger partial charge in [-0.3, -0.25) is 4.79 Å². The Kier molecular flexibility index (Phi) is 6.49. The zero-order valence-corrected chi connectivity index (χ0v) is 13.6. The van der Waals surface area contributed by atoms with Gasteiger partial charge in [-0.15, -0.1) is 12.4 Å². The van der Waals surface area contributed by atoms with Crippen molar-refractivity contribution in [2.24, 2.45) is 5.73 Å². The molecule has 0 saturated heterocycles. The number of carbonyl (C=O) groups excluding carboxylic acids is 2. The molecular weight excluding hydrogens is 306 g/mol. The quantitative estimate of drug-likeness (QED) is 0.869. The number of carbonyl (C=O) groups is 2. The van der Waals surface area contributed by atoms with Crippen molar-refractivity contribution in [1.29, 1.82) is 0 Å². The molecule has 22 heavy (non-hydrogen) atoms. The van der Waals surface area contributed by atoms with Crippen LogP contribution in [0.25, 0.3) is 0 Å². The molecule has 1 aromatic rings. The van der Waals surface area contributed by atoms with Gasteiger partial charge in [-0.05, 0) is 25.5 Å². The molecule has 2 amide bonds. The number of ether oxygens (including phenoxy) is 1. The molecule has 1 unspecified atom stereocenters. The van der Waals surface area contributed by atoms with Gasteiger partial charge in [0.2, 0.25) is 5.91 Å². The van der Waals surface area contributed by atoms with Gasteiger partial charge in [0, 0.05) is 43.7 Å². The van der Waals surface area contributed by atoms with Gasteiger partial charge in [0.15, 0.2) is 0 Å². The Balaban J connectivity index is 0.00000242. The van der Waals surface area contributed by atoms with E-state index in [-0.39, 0.29) is 30.3 Å². The van der Waals surface area contributed by atoms with Crippen LogP contribution in [0.3, 0.4) is 0 Å². The Hall–Kier alpha value is -1.95. The Bertz CT molecular complexity index is 551. The molecule has 0 fully saturated rings. The molecule has 1 aromatic carbocycles. The second-order valence-electron chi connectivity index (χ2n) is 5.18. The summed E-state index contributed by atoms with van der Waals surface area (Å²) in [6.07, 6.45) is 0.586. The SMILES string of the molecule is CCN(C)C(=O)Oc1cccc2c1C(CCC(N)=O)CN2.Cl. The number of nitrogens with one attached hydrogen (secondary N) is 1. The van der Waals surface area contributed by atoms with E-state index in [1.165, 1.54) is 4.90 Å². The van der Waals surface area contributed by atoms with Crippen molar-refractivity contribution in [2.75, 3.05) is 25.5 Å². The van der Waals surface area contributed by atoms with Gasteiger partial charge < -0.3 is 20.7 Å². The predicted octanol–water partition coefficient (Wildman–Crippen LogP) is 2.33. The molecule has 1 aliphatic heterocycles. The number of nitrogens with zero attached hydrogens (tertiary/aromatic N) is 1. The molecule has 7 heteroatoms. The average Bonchev–Trinajstić information content (AvgIpc) is 2.88. The Morgan fingerprint density at radius 3 is 2.82 bits per heavy atom. The highest BCUT2D eigenvalue weighted by atomic mass is 35.5. The molecule has 1 aliphatic rings. The summed E-state index contributed by atoms with van der Waals surface area (Å²) in [7, 11) is 1.69. The number of hydrogen-bond donors (Lipinski definition) is 2. The molecule has 0 radical (unpaired) electrons. The first-order chi connectivity index (χ1) is 10.0. The highest BCUT2D eigenvalue weighted by Gasteiger charge is 2.27. The van der Waals surface area contributed by atoms with E-state index >= 15 is 0 Å². The summed E-state index contributed by atoms with van der Waals surface area (Å²) in [6, 6.07) is 5.57. The van der Waals surface area contributed by atoms with Gasteiger partial charge in [0.25, 0.3) is 0 Å². The van der Waals surface area contributed by atoms with Crippen molar-refractivity contribution in [3.63, 3.8) is 0 Å². The monoisotopic (exact) mass is 327 g/mol. The zero-order valence-electron chi connectivity index (χ0n) is 12.8. The van der Waals surface area contributed by atoms with Crippen molar-refractivity contribution in [1.82, 2.24) is 4.90 Å². The number of hydrogen-bond acceptors (Lipinski definition) is 4. The van der Waals surface area contributed by atoms with Crippen LogP contribution in [0.15, 0.2) is 18.2 Å². The fourth-order valence-corrected chi connectivity index (χ4v) is 2.41. The summed E-state index contributed by atoms with van der Waals surface area (Å²) in [5.74, 6) is 0.365. The Morgan fingerprint density at radius 2 is 2.18 bits per heavy atom. The lowest BCUT2D eigenvalue weighted by Crippen LogP contribution is -2.29. The average molecular weight is 328 g/mol. The van der Waals surface area contributed by atoms with Crippen molar-refractivity contribution >= 4 is 30.1 Å². The molecule has 0 saturated carbocycles. The van der Waals surface area contributed by atoms with Crippen LogP contribution >= 0.6 is 12.4 Å². The Labute approximate surface area is 136 Å². The van der Waals surface area contributed by atoms with E-state index in [0.717, 1.165) is 17.8 Å². The standard InChI is InChI=1S/C15H21N3O3.ClH/c1-3-18(2)15(20)21-12-6-4-5-11-14(12)10(9-17-11)7-8-13(16)19;/h4-6,10,17H,3,7-9H2,1-2H3,(H2,16,19);1H. The minimum absolute atomic E-state index is 0. The fraction of sp³-hybridized carbons (Fsp3) is 0.467. The molecule has 1 heterocycles. The van der Waals surface area contributed by atoms with Crippen LogP contribution in [0.5, 0.6) is 5.75 Å². The molecule has 122 valence electrons. The number of nitrogens with two attached hydrogens (primary N) is 1. The molecule has 3 N–H and O–H groups in total. The molecule has 0 bridgehead atoms. The van der Waals surface area contributed by atoms with Gasteiger partial charge >= 0.3 is 6.09 Å². The van der Waals surface area contributed by atoms with E-state index in [1.807, 2.05) is 19.1 Å². The summed E-state index contributed by atoms with van der Waals surface area (Å²) in [6.45, 7) is 3.19. The summed E-state index contributed by atoms with van der Waals surface area (Å²) in [4.78, 5) is 24.4. The summed E-state index contributed by atoms with van der Waals surface area (Å²) >= 11 is 0. The normalized spacial score (nSPS) is 15.3. The number of anilines is 1. The fourth-order valence-electron chi connectivity index (χ4n) is 2.41. The number of benzene rings is 1. The van der Waals surface area contributed by atoms with E-state index in [9.17, 15) is 9.59 Å². The lowest BCUT2D eigenvalue weighted by atomic mass is 9.95. The van der Waals surface area contributed by atoms with Crippen LogP contribution in [-0.4, -0.2) is 37.0 Å². The van der Waals surface area contributed by atoms with Crippen LogP contribution in [-0.2, 0) is 4.79 Å². The molecule has 0 aromatic heterocycles. The number of rotatable bonds is 5. The largest absolute Gasteiger partial charge is 0.414 e. The first-order valence-electron chi connectivity index (χ1n) is 7.11. The molecule has 0 aliphatic carbocycles. The molecule has 1 atom stereocenters. The molecular formula is C15H22ClN3O3. The predicted molar refractivity (Wildman–Crippen MR) is 87.7 cm³/mol. The van der Waals surface area contributed by atoms with E-state index in [1.54, 1.807) is 13.1 Å². The second kappa shape index (κ2) is 7.89. The number of halogens is 1. The molecule has 0 spiro atoms. The lowest BCUT2D eigenvalue weighted by molar-refractivity contribution is -0.118. The maximum absolute atomic E-state index is 11.9. The van der Waals surface area contributed by atoms with E-state index < -0.39 is 0 Å². The van der Waals surface area contributed by atoms with Crippen LogP contribution in [0.4, 0.5) is 10.5 Å². The molecule has 6 nitrogen and oxygen atoms in total. The molecule has 2 rings (SSSR count). The highest BCUT2D eigenvalue weighted by molar-refractivity contribution is 5.85. The lowest BCUT2D eigenvalue weighted by Gasteiger charge is -2.17. The van der Waals surface area contributed by atoms with Gasteiger partial charge in [-0.25, -0.2) is 4.79 Å². The van der Waals surface area contributed by atoms with E-state index in [0.29, 0.717) is 25.1 Å². The van der Waals surface area contributed by atoms with Gasteiger partial charge in [0.1, 0.15) is 5.75 Å². The Morgan fingerprint density at radius 1 is 1.45 bits per heavy atom. The first-order valence-corrected chi connectivity index (χ1v) is 7.11. The second-order valence-corrected chi connectivity index (χ2v) is 5.18. The first kappa shape index (κ1) is 18.1. The van der Waals surface area contributed by atoms with Crippen LogP contribution in [0.1, 0.15) is 31.2 Å². The maximum atomic E-state index is 11.9. The summed E-state index contributed by atoms with van der Waals surface area (Å²) < 4.78 is 5.48. The number of amides is 2. The topological polar surface area (TPSA) is 84.7 Å². The summed E-state index contributed by atoms with van der Waals surface area (Å²) in [5, 5.41) is 3.27. The minimum Gasteiger partial charge on any atom is -0.410 e. The van der Waals surface area contributed by atoms with Crippen LogP contribution in [0.2, 0.25) is 0 Å². The van der Waals surface area contributed by atoms with Crippen LogP contribution in [0, 0.1) is 0 Å². The third-order valence-electron chi connectivity index (χ3n) is 3.74. The number of fused-ring (bicyclic) bond motifs is 1. The van der Waals surface area contributed by atoms with Crippen molar-refractivity contribution < 1.29 is 14.3 Å². The van der Waals surface area contributed by atoms with Gasteiger partial charge in [-0.1, -0.05) is 6.07 Å². The maximum Gasteiger partial charge on any atom is 0.414 e. The highest BCUT2D eigenvalue weighted by Crippen LogP contribution is 2.40. The summed E-state index contributed by atoms with van der Waals surface area (Å²) in [5.41, 5.74) is 7.12. The zero-order chi connectivity index (χ0) is 15.4. The smallest absolute Gasteiger partial charge is 0.410 e. The van der Waals surface area contributed by atoms with Gasteiger partial charge in [0.05, 0.1) is 0 Å². The van der Waals surface area contributed by atoms with E-state index in [2.05, 4.69) is 5.32 Å². The third-order valence-corrected chi connectivity index (χ3v) is 3.74. The third kappa shape index (κ3) is 4.04. The van der Waals surface area contributed by atoms with Crippen molar-refractivity contribution in [2.45, 2.75) is 25.7 Å². The minimum atomic E-state index is -0.383. The van der Waals surface area contributed by atoms with Gasteiger partial charge in [-0.2, -0.15) is 0 Å². The van der Waals surface area contributed by atoms with Crippen LogP contribution < -0.4 is 15.8 Å².